The summed E-state index contributed by atoms with van der Waals surface area (Å²) in [6.07, 6.45) is 1.44. The first-order valence-corrected chi connectivity index (χ1v) is 5.88. The molecule has 92 valence electrons. The maximum atomic E-state index is 9.24. The van der Waals surface area contributed by atoms with E-state index in [4.69, 9.17) is 4.42 Å². The molecular formula is C13H18N2O2. The summed E-state index contributed by atoms with van der Waals surface area (Å²) in [5, 5.41) is 12.6. The van der Waals surface area contributed by atoms with E-state index in [1.54, 1.807) is 0 Å². The second-order valence-corrected chi connectivity index (χ2v) is 4.60. The molecule has 2 rings (SSSR count). The quantitative estimate of drug-likeness (QED) is 0.834. The van der Waals surface area contributed by atoms with E-state index < -0.39 is 0 Å². The van der Waals surface area contributed by atoms with Crippen LogP contribution in [0.15, 0.2) is 29.0 Å². The van der Waals surface area contributed by atoms with Crippen molar-refractivity contribution in [3.8, 4) is 0 Å². The van der Waals surface area contributed by atoms with E-state index in [1.165, 1.54) is 6.39 Å². The van der Waals surface area contributed by atoms with Crippen LogP contribution < -0.4 is 5.32 Å². The van der Waals surface area contributed by atoms with Gasteiger partial charge in [0.05, 0.1) is 0 Å². The number of anilines is 1. The minimum atomic E-state index is 0.204. The Morgan fingerprint density at radius 1 is 1.41 bits per heavy atom. The molecule has 1 atom stereocenters. The molecule has 17 heavy (non-hydrogen) atoms. The molecule has 1 aromatic heterocycles. The first kappa shape index (κ1) is 11.9. The molecule has 0 aliphatic rings. The Labute approximate surface area is 101 Å². The van der Waals surface area contributed by atoms with Gasteiger partial charge in [0.2, 0.25) is 0 Å². The summed E-state index contributed by atoms with van der Waals surface area (Å²) in [5.41, 5.74) is 2.63. The number of fused-ring (bicyclic) bond motifs is 1. The van der Waals surface area contributed by atoms with E-state index in [-0.39, 0.29) is 12.5 Å². The third-order valence-corrected chi connectivity index (χ3v) is 3.08. The Morgan fingerprint density at radius 3 is 2.94 bits per heavy atom. The Kier molecular flexibility index (Phi) is 3.64. The van der Waals surface area contributed by atoms with Crippen molar-refractivity contribution in [2.75, 3.05) is 18.5 Å². The van der Waals surface area contributed by atoms with Crippen LogP contribution in [0.5, 0.6) is 0 Å². The lowest BCUT2D eigenvalue weighted by molar-refractivity contribution is 0.198. The number of hydrogen-bond acceptors (Lipinski definition) is 4. The molecule has 4 heteroatoms. The summed E-state index contributed by atoms with van der Waals surface area (Å²) in [7, 11) is 0. The molecule has 0 saturated heterocycles. The van der Waals surface area contributed by atoms with Gasteiger partial charge in [0, 0.05) is 30.8 Å². The minimum absolute atomic E-state index is 0.204. The number of aromatic nitrogens is 1. The molecule has 1 unspecified atom stereocenters. The highest BCUT2D eigenvalue weighted by Crippen LogP contribution is 2.19. The fraction of sp³-hybridized carbons (Fsp3) is 0.462. The molecule has 0 saturated carbocycles. The number of aliphatic hydroxyl groups is 1. The van der Waals surface area contributed by atoms with Crippen LogP contribution in [-0.4, -0.2) is 23.2 Å². The Balaban J connectivity index is 2.02. The third kappa shape index (κ3) is 2.77. The molecule has 0 radical (unpaired) electrons. The largest absolute Gasteiger partial charge is 0.443 e. The number of nitrogens with one attached hydrogen (secondary N) is 1. The van der Waals surface area contributed by atoms with Crippen molar-refractivity contribution in [1.82, 2.24) is 4.98 Å². The van der Waals surface area contributed by atoms with Gasteiger partial charge in [-0.05, 0) is 18.1 Å². The molecule has 4 nitrogen and oxygen atoms in total. The van der Waals surface area contributed by atoms with Crippen LogP contribution in [0.2, 0.25) is 0 Å². The van der Waals surface area contributed by atoms with Crippen molar-refractivity contribution in [1.29, 1.82) is 0 Å². The van der Waals surface area contributed by atoms with Gasteiger partial charge in [-0.3, -0.25) is 0 Å². The van der Waals surface area contributed by atoms with E-state index in [1.807, 2.05) is 18.2 Å². The van der Waals surface area contributed by atoms with E-state index in [0.29, 0.717) is 5.92 Å². The Bertz CT molecular complexity index is 479. The number of hydrogen-bond donors (Lipinski definition) is 2. The first-order valence-electron chi connectivity index (χ1n) is 5.88. The fourth-order valence-electron chi connectivity index (χ4n) is 1.73. The number of nitrogens with zero attached hydrogens (tertiary/aromatic N) is 1. The van der Waals surface area contributed by atoms with Gasteiger partial charge in [-0.1, -0.05) is 13.8 Å². The van der Waals surface area contributed by atoms with Gasteiger partial charge in [0.15, 0.2) is 12.0 Å². The topological polar surface area (TPSA) is 58.3 Å². The Hall–Kier alpha value is -1.55. The van der Waals surface area contributed by atoms with Gasteiger partial charge in [-0.2, -0.15) is 0 Å². The van der Waals surface area contributed by atoms with Crippen molar-refractivity contribution in [3.63, 3.8) is 0 Å². The number of rotatable bonds is 5. The summed E-state index contributed by atoms with van der Waals surface area (Å²) in [5.74, 6) is 0.724. The molecule has 0 aliphatic heterocycles. The Morgan fingerprint density at radius 2 is 2.24 bits per heavy atom. The second-order valence-electron chi connectivity index (χ2n) is 4.60. The molecule has 2 N–H and O–H groups in total. The van der Waals surface area contributed by atoms with Gasteiger partial charge >= 0.3 is 0 Å². The van der Waals surface area contributed by atoms with Crippen molar-refractivity contribution in [2.45, 2.75) is 13.8 Å². The van der Waals surface area contributed by atoms with Crippen LogP contribution in [0.4, 0.5) is 5.69 Å². The van der Waals surface area contributed by atoms with Crippen LogP contribution in [0.1, 0.15) is 13.8 Å². The molecular weight excluding hydrogens is 216 g/mol. The summed E-state index contributed by atoms with van der Waals surface area (Å²) in [4.78, 5) is 4.07. The molecule has 0 spiro atoms. The molecule has 0 aliphatic carbocycles. The van der Waals surface area contributed by atoms with Crippen molar-refractivity contribution >= 4 is 16.8 Å². The zero-order valence-corrected chi connectivity index (χ0v) is 10.2. The summed E-state index contributed by atoms with van der Waals surface area (Å²) in [6.45, 7) is 5.19. The number of oxazole rings is 1. The van der Waals surface area contributed by atoms with Crippen LogP contribution in [0, 0.1) is 11.8 Å². The monoisotopic (exact) mass is 234 g/mol. The standard InChI is InChI=1S/C13H18N2O2/c1-9(2)10(7-16)6-14-11-3-4-12-13(5-11)17-8-15-12/h3-5,8-10,14,16H,6-7H2,1-2H3. The predicted molar refractivity (Wildman–Crippen MR) is 67.9 cm³/mol. The lowest BCUT2D eigenvalue weighted by atomic mass is 9.97. The normalized spacial score (nSPS) is 13.2. The fourth-order valence-corrected chi connectivity index (χ4v) is 1.73. The SMILES string of the molecule is CC(C)C(CO)CNc1ccc2ncoc2c1. The van der Waals surface area contributed by atoms with E-state index in [9.17, 15) is 5.11 Å². The molecule has 2 aromatic rings. The smallest absolute Gasteiger partial charge is 0.181 e. The van der Waals surface area contributed by atoms with E-state index in [2.05, 4.69) is 24.1 Å². The molecule has 0 bridgehead atoms. The zero-order valence-electron chi connectivity index (χ0n) is 10.2. The highest BCUT2D eigenvalue weighted by Gasteiger charge is 2.11. The maximum Gasteiger partial charge on any atom is 0.181 e. The van der Waals surface area contributed by atoms with Crippen LogP contribution in [-0.2, 0) is 0 Å². The lowest BCUT2D eigenvalue weighted by Crippen LogP contribution is -2.22. The number of benzene rings is 1. The summed E-state index contributed by atoms with van der Waals surface area (Å²) >= 11 is 0. The summed E-state index contributed by atoms with van der Waals surface area (Å²) in [6, 6.07) is 5.82. The summed E-state index contributed by atoms with van der Waals surface area (Å²) < 4.78 is 5.24. The van der Waals surface area contributed by atoms with Crippen LogP contribution in [0.3, 0.4) is 0 Å². The van der Waals surface area contributed by atoms with Crippen molar-refractivity contribution < 1.29 is 9.52 Å². The number of aliphatic hydroxyl groups excluding tert-OH is 1. The molecule has 0 amide bonds. The van der Waals surface area contributed by atoms with Gasteiger partial charge in [0.1, 0.15) is 5.52 Å². The second kappa shape index (κ2) is 5.19. The first-order chi connectivity index (χ1) is 8.20. The van der Waals surface area contributed by atoms with Crippen molar-refractivity contribution in [3.05, 3.63) is 24.6 Å². The zero-order chi connectivity index (χ0) is 12.3. The highest BCUT2D eigenvalue weighted by atomic mass is 16.3. The van der Waals surface area contributed by atoms with Crippen LogP contribution in [0.25, 0.3) is 11.1 Å². The maximum absolute atomic E-state index is 9.24. The van der Waals surface area contributed by atoms with Crippen LogP contribution >= 0.6 is 0 Å². The van der Waals surface area contributed by atoms with Gasteiger partial charge in [0.25, 0.3) is 0 Å². The van der Waals surface area contributed by atoms with Gasteiger partial charge in [-0.25, -0.2) is 4.98 Å². The van der Waals surface area contributed by atoms with Gasteiger partial charge < -0.3 is 14.8 Å². The van der Waals surface area contributed by atoms with Crippen molar-refractivity contribution in [2.24, 2.45) is 11.8 Å². The predicted octanol–water partition coefficient (Wildman–Crippen LogP) is 2.50. The van der Waals surface area contributed by atoms with Gasteiger partial charge in [-0.15, -0.1) is 0 Å². The molecule has 0 fully saturated rings. The molecule has 1 heterocycles. The average molecular weight is 234 g/mol. The average Bonchev–Trinajstić information content (AvgIpc) is 2.76. The van der Waals surface area contributed by atoms with E-state index >= 15 is 0 Å². The van der Waals surface area contributed by atoms with E-state index in [0.717, 1.165) is 23.3 Å². The highest BCUT2D eigenvalue weighted by molar-refractivity contribution is 5.76. The molecule has 1 aromatic carbocycles. The third-order valence-electron chi connectivity index (χ3n) is 3.08. The minimum Gasteiger partial charge on any atom is -0.443 e. The lowest BCUT2D eigenvalue weighted by Gasteiger charge is -2.19.